The van der Waals surface area contributed by atoms with Crippen molar-refractivity contribution in [3.05, 3.63) is 22.4 Å². The molecule has 18 heavy (non-hydrogen) atoms. The van der Waals surface area contributed by atoms with Crippen molar-refractivity contribution in [3.63, 3.8) is 0 Å². The molecule has 2 aromatic heterocycles. The molecule has 0 aromatic carbocycles. The zero-order valence-corrected chi connectivity index (χ0v) is 11.5. The monoisotopic (exact) mass is 287 g/mol. The number of thiazole rings is 1. The lowest BCUT2D eigenvalue weighted by Crippen LogP contribution is -2.25. The number of nitrogens with one attached hydrogen (secondary N) is 1. The number of rotatable bonds is 4. The third-order valence-electron chi connectivity index (χ3n) is 2.24. The van der Waals surface area contributed by atoms with Crippen LogP contribution in [-0.2, 0) is 23.6 Å². The van der Waals surface area contributed by atoms with E-state index < -0.39 is 10.0 Å². The second-order valence-electron chi connectivity index (χ2n) is 3.75. The molecule has 98 valence electrons. The summed E-state index contributed by atoms with van der Waals surface area (Å²) in [7, 11) is -2.10. The van der Waals surface area contributed by atoms with E-state index in [2.05, 4.69) is 14.7 Å². The van der Waals surface area contributed by atoms with Gasteiger partial charge in [0.15, 0.2) is 10.8 Å². The number of hydrogen-bond acceptors (Lipinski definition) is 6. The summed E-state index contributed by atoms with van der Waals surface area (Å²) in [6.45, 7) is 2.00. The summed E-state index contributed by atoms with van der Waals surface area (Å²) in [6.07, 6.45) is 1.36. The first kappa shape index (κ1) is 13.0. The molecule has 0 fully saturated rings. The van der Waals surface area contributed by atoms with E-state index in [1.165, 1.54) is 22.2 Å². The van der Waals surface area contributed by atoms with Crippen molar-refractivity contribution in [2.75, 3.05) is 5.73 Å². The van der Waals surface area contributed by atoms with Crippen LogP contribution in [0.4, 0.5) is 5.82 Å². The lowest BCUT2D eigenvalue weighted by Gasteiger charge is -2.06. The van der Waals surface area contributed by atoms with Gasteiger partial charge in [-0.3, -0.25) is 0 Å². The fourth-order valence-corrected chi connectivity index (χ4v) is 3.49. The zero-order chi connectivity index (χ0) is 13.3. The standard InChI is InChI=1S/C9H13N5O2S2/c1-6-4-17-7(13-6)3-12-18(15,16)9-8(10)11-5-14(9)2/h4-5,12H,3,10H2,1-2H3. The Kier molecular flexibility index (Phi) is 3.37. The largest absolute Gasteiger partial charge is 0.381 e. The smallest absolute Gasteiger partial charge is 0.260 e. The lowest BCUT2D eigenvalue weighted by molar-refractivity contribution is 0.571. The molecule has 9 heteroatoms. The van der Waals surface area contributed by atoms with Gasteiger partial charge in [-0.05, 0) is 6.92 Å². The Labute approximate surface area is 109 Å². The summed E-state index contributed by atoms with van der Waals surface area (Å²) in [6, 6.07) is 0. The van der Waals surface area contributed by atoms with Crippen LogP contribution in [0.3, 0.4) is 0 Å². The predicted molar refractivity (Wildman–Crippen MR) is 68.5 cm³/mol. The molecule has 0 amide bonds. The second kappa shape index (κ2) is 4.67. The number of nitrogens with zero attached hydrogens (tertiary/aromatic N) is 3. The van der Waals surface area contributed by atoms with Crippen LogP contribution in [0.1, 0.15) is 10.7 Å². The summed E-state index contributed by atoms with van der Waals surface area (Å²) < 4.78 is 27.9. The fraction of sp³-hybridized carbons (Fsp3) is 0.333. The molecule has 2 aromatic rings. The van der Waals surface area contributed by atoms with Crippen LogP contribution in [0.5, 0.6) is 0 Å². The number of anilines is 1. The summed E-state index contributed by atoms with van der Waals surface area (Å²) in [5, 5.41) is 2.54. The summed E-state index contributed by atoms with van der Waals surface area (Å²) in [5.74, 6) is -0.0136. The molecule has 0 saturated carbocycles. The van der Waals surface area contributed by atoms with Gasteiger partial charge in [-0.2, -0.15) is 0 Å². The van der Waals surface area contributed by atoms with Crippen LogP contribution in [0.2, 0.25) is 0 Å². The van der Waals surface area contributed by atoms with E-state index in [4.69, 9.17) is 5.73 Å². The number of nitrogen functional groups attached to an aromatic ring is 1. The average molecular weight is 287 g/mol. The molecular formula is C9H13N5O2S2. The van der Waals surface area contributed by atoms with Gasteiger partial charge in [0.25, 0.3) is 10.0 Å². The first-order valence-corrected chi connectivity index (χ1v) is 7.44. The minimum Gasteiger partial charge on any atom is -0.381 e. The van der Waals surface area contributed by atoms with E-state index in [1.54, 1.807) is 7.05 Å². The molecule has 0 unspecified atom stereocenters. The highest BCUT2D eigenvalue weighted by atomic mass is 32.2. The maximum atomic E-state index is 12.0. The molecule has 0 bridgehead atoms. The lowest BCUT2D eigenvalue weighted by atomic mass is 10.6. The SMILES string of the molecule is Cc1csc(CNS(=O)(=O)c2c(N)ncn2C)n1. The Bertz CT molecular complexity index is 639. The van der Waals surface area contributed by atoms with Crippen LogP contribution in [0.25, 0.3) is 0 Å². The van der Waals surface area contributed by atoms with Crippen LogP contribution >= 0.6 is 11.3 Å². The van der Waals surface area contributed by atoms with Gasteiger partial charge in [0, 0.05) is 18.1 Å². The fourth-order valence-electron chi connectivity index (χ4n) is 1.47. The predicted octanol–water partition coefficient (Wildman–Crippen LogP) is 0.246. The molecule has 2 heterocycles. The Hall–Kier alpha value is -1.45. The summed E-state index contributed by atoms with van der Waals surface area (Å²) in [5.41, 5.74) is 6.41. The van der Waals surface area contributed by atoms with Crippen LogP contribution in [0.15, 0.2) is 16.7 Å². The maximum Gasteiger partial charge on any atom is 0.260 e. The highest BCUT2D eigenvalue weighted by Crippen LogP contribution is 2.16. The molecular weight excluding hydrogens is 274 g/mol. The molecule has 0 saturated heterocycles. The molecule has 2 rings (SSSR count). The second-order valence-corrected chi connectivity index (χ2v) is 6.38. The molecule has 7 nitrogen and oxygen atoms in total. The number of aryl methyl sites for hydroxylation is 2. The summed E-state index contributed by atoms with van der Waals surface area (Å²) in [4.78, 5) is 7.93. The quantitative estimate of drug-likeness (QED) is 0.839. The van der Waals surface area contributed by atoms with Gasteiger partial charge >= 0.3 is 0 Å². The van der Waals surface area contributed by atoms with Gasteiger partial charge in [0.1, 0.15) is 5.01 Å². The van der Waals surface area contributed by atoms with Crippen LogP contribution < -0.4 is 10.5 Å². The van der Waals surface area contributed by atoms with E-state index in [1.807, 2.05) is 12.3 Å². The minimum absolute atomic E-state index is 0.0136. The van der Waals surface area contributed by atoms with Crippen molar-refractivity contribution in [1.82, 2.24) is 19.3 Å². The van der Waals surface area contributed by atoms with Crippen molar-refractivity contribution < 1.29 is 8.42 Å². The van der Waals surface area contributed by atoms with E-state index in [-0.39, 0.29) is 17.4 Å². The molecule has 0 aliphatic rings. The van der Waals surface area contributed by atoms with Gasteiger partial charge in [0.05, 0.1) is 12.9 Å². The Morgan fingerprint density at radius 2 is 2.28 bits per heavy atom. The van der Waals surface area contributed by atoms with E-state index in [0.717, 1.165) is 5.69 Å². The van der Waals surface area contributed by atoms with Crippen LogP contribution in [-0.4, -0.2) is 23.0 Å². The van der Waals surface area contributed by atoms with Crippen molar-refractivity contribution >= 4 is 27.2 Å². The molecule has 0 aliphatic carbocycles. The first-order chi connectivity index (χ1) is 8.40. The normalized spacial score (nSPS) is 11.9. The number of nitrogens with two attached hydrogens (primary N) is 1. The molecule has 0 aliphatic heterocycles. The van der Waals surface area contributed by atoms with Crippen molar-refractivity contribution in [3.8, 4) is 0 Å². The van der Waals surface area contributed by atoms with E-state index in [9.17, 15) is 8.42 Å². The van der Waals surface area contributed by atoms with Gasteiger partial charge in [-0.25, -0.2) is 23.1 Å². The van der Waals surface area contributed by atoms with Crippen molar-refractivity contribution in [1.29, 1.82) is 0 Å². The van der Waals surface area contributed by atoms with Crippen molar-refractivity contribution in [2.24, 2.45) is 7.05 Å². The third-order valence-corrected chi connectivity index (χ3v) is 4.74. The third kappa shape index (κ3) is 2.52. The van der Waals surface area contributed by atoms with Gasteiger partial charge < -0.3 is 10.3 Å². The van der Waals surface area contributed by atoms with E-state index >= 15 is 0 Å². The van der Waals surface area contributed by atoms with Crippen LogP contribution in [0, 0.1) is 6.92 Å². The Morgan fingerprint density at radius 3 is 2.78 bits per heavy atom. The molecule has 3 N–H and O–H groups in total. The van der Waals surface area contributed by atoms with E-state index in [0.29, 0.717) is 5.01 Å². The number of sulfonamides is 1. The molecule has 0 spiro atoms. The highest BCUT2D eigenvalue weighted by molar-refractivity contribution is 7.89. The zero-order valence-electron chi connectivity index (χ0n) is 9.91. The minimum atomic E-state index is -3.68. The number of aromatic nitrogens is 3. The molecule has 0 radical (unpaired) electrons. The number of hydrogen-bond donors (Lipinski definition) is 2. The number of imidazole rings is 1. The highest BCUT2D eigenvalue weighted by Gasteiger charge is 2.22. The van der Waals surface area contributed by atoms with Gasteiger partial charge in [-0.1, -0.05) is 0 Å². The Balaban J connectivity index is 2.18. The van der Waals surface area contributed by atoms with Gasteiger partial charge in [-0.15, -0.1) is 11.3 Å². The average Bonchev–Trinajstić information content (AvgIpc) is 2.83. The first-order valence-electron chi connectivity index (χ1n) is 5.07. The molecule has 0 atom stereocenters. The van der Waals surface area contributed by atoms with Crippen molar-refractivity contribution in [2.45, 2.75) is 18.5 Å². The summed E-state index contributed by atoms with van der Waals surface area (Å²) >= 11 is 1.40. The topological polar surface area (TPSA) is 103 Å². The maximum absolute atomic E-state index is 12.0. The van der Waals surface area contributed by atoms with Gasteiger partial charge in [0.2, 0.25) is 0 Å². The Morgan fingerprint density at radius 1 is 1.56 bits per heavy atom.